The lowest BCUT2D eigenvalue weighted by Gasteiger charge is -2.24. The molecule has 0 bridgehead atoms. The molecule has 3 heteroatoms. The number of allylic oxidation sites excluding steroid dienone is 2. The average Bonchev–Trinajstić information content (AvgIpc) is 1.86. The van der Waals surface area contributed by atoms with Gasteiger partial charge in [0.25, 0.3) is 0 Å². The van der Waals surface area contributed by atoms with Crippen molar-refractivity contribution in [2.24, 2.45) is 0 Å². The highest BCUT2D eigenvalue weighted by Crippen LogP contribution is 2.34. The van der Waals surface area contributed by atoms with E-state index < -0.39 is 0 Å². The Bertz CT molecular complexity index is 157. The van der Waals surface area contributed by atoms with E-state index in [1.807, 2.05) is 0 Å². The molecule has 0 aromatic heterocycles. The van der Waals surface area contributed by atoms with Crippen molar-refractivity contribution >= 4 is 20.2 Å². The van der Waals surface area contributed by atoms with Gasteiger partial charge in [-0.2, -0.15) is 0 Å². The molecule has 61 valence electrons. The van der Waals surface area contributed by atoms with Crippen LogP contribution in [-0.2, 0) is 4.12 Å². The normalized spacial score (nSPS) is 11.5. The summed E-state index contributed by atoms with van der Waals surface area (Å²) in [6, 6.07) is 0. The Balaban J connectivity index is 4.42. The highest BCUT2D eigenvalue weighted by Gasteiger charge is 2.22. The zero-order valence-corrected chi connectivity index (χ0v) is 9.91. The van der Waals surface area contributed by atoms with Gasteiger partial charge in [-0.05, 0) is 20.8 Å². The smallest absolute Gasteiger partial charge is 0.229 e. The van der Waals surface area contributed by atoms with E-state index in [1.54, 1.807) is 0 Å². The van der Waals surface area contributed by atoms with Crippen molar-refractivity contribution in [3.63, 3.8) is 0 Å². The second-order valence-corrected chi connectivity index (χ2v) is 5.72. The lowest BCUT2D eigenvalue weighted by atomic mass is 10.00. The number of hydrogen-bond donors (Lipinski definition) is 0. The molecule has 0 aromatic rings. The third kappa shape index (κ3) is 3.36. The monoisotopic (exact) mass is 183 g/mol. The molecule has 0 aliphatic rings. The van der Waals surface area contributed by atoms with Crippen LogP contribution in [-0.4, -0.2) is 20.2 Å². The second-order valence-electron chi connectivity index (χ2n) is 3.45. The minimum Gasteiger partial charge on any atom is -0.457 e. The maximum absolute atomic E-state index is 4.98. The first kappa shape index (κ1) is 11.1. The fourth-order valence-electron chi connectivity index (χ4n) is 0.829. The van der Waals surface area contributed by atoms with Crippen LogP contribution in [0.15, 0.2) is 11.1 Å². The lowest BCUT2D eigenvalue weighted by molar-refractivity contribution is 0.598. The summed E-state index contributed by atoms with van der Waals surface area (Å²) in [5.74, 6) is 0. The molecule has 0 aliphatic heterocycles. The van der Waals surface area contributed by atoms with E-state index in [2.05, 4.69) is 45.1 Å². The molecule has 0 heterocycles. The van der Waals surface area contributed by atoms with E-state index in [-0.39, 0.29) is 5.04 Å². The minimum atomic E-state index is 0.167. The molecule has 1 nitrogen and oxygen atoms in total. The van der Waals surface area contributed by atoms with Crippen LogP contribution in [0.1, 0.15) is 34.6 Å². The van der Waals surface area contributed by atoms with Gasteiger partial charge in [0.05, 0.1) is 0 Å². The van der Waals surface area contributed by atoms with E-state index in [4.69, 9.17) is 4.12 Å². The van der Waals surface area contributed by atoms with Crippen molar-refractivity contribution in [3.05, 3.63) is 11.1 Å². The average molecular weight is 183 g/mol. The van der Waals surface area contributed by atoms with Crippen LogP contribution in [0.25, 0.3) is 0 Å². The van der Waals surface area contributed by atoms with Crippen LogP contribution < -0.4 is 0 Å². The van der Waals surface area contributed by atoms with Crippen LogP contribution in [0, 0.1) is 0 Å². The SMILES string of the molecule is CC(C)=C(C)C(C)(C)[Si]O[Si]. The Morgan fingerprint density at radius 1 is 1.27 bits per heavy atom. The summed E-state index contributed by atoms with van der Waals surface area (Å²) >= 11 is 0. The van der Waals surface area contributed by atoms with Crippen LogP contribution in [0.5, 0.6) is 0 Å². The lowest BCUT2D eigenvalue weighted by Crippen LogP contribution is -2.17. The third-order valence-corrected chi connectivity index (χ3v) is 3.29. The topological polar surface area (TPSA) is 9.23 Å². The molecule has 0 atom stereocenters. The summed E-state index contributed by atoms with van der Waals surface area (Å²) in [6.45, 7) is 10.8. The van der Waals surface area contributed by atoms with Gasteiger partial charge in [-0.15, -0.1) is 0 Å². The quantitative estimate of drug-likeness (QED) is 0.482. The van der Waals surface area contributed by atoms with Gasteiger partial charge in [-0.3, -0.25) is 0 Å². The van der Waals surface area contributed by atoms with Crippen molar-refractivity contribution in [2.45, 2.75) is 39.7 Å². The Kier molecular flexibility index (Phi) is 4.28. The maximum Gasteiger partial charge on any atom is 0.229 e. The minimum absolute atomic E-state index is 0.167. The third-order valence-electron chi connectivity index (χ3n) is 1.99. The van der Waals surface area contributed by atoms with Crippen molar-refractivity contribution in [2.75, 3.05) is 0 Å². The molecule has 0 saturated heterocycles. The van der Waals surface area contributed by atoms with E-state index in [0.29, 0.717) is 9.76 Å². The Hall–Kier alpha value is 0.134. The predicted octanol–water partition coefficient (Wildman–Crippen LogP) is 2.26. The van der Waals surface area contributed by atoms with Gasteiger partial charge in [0.1, 0.15) is 0 Å². The molecule has 11 heavy (non-hydrogen) atoms. The summed E-state index contributed by atoms with van der Waals surface area (Å²) in [7, 11) is 3.51. The molecule has 5 radical (unpaired) electrons. The highest BCUT2D eigenvalue weighted by atomic mass is 28.3. The second kappa shape index (κ2) is 4.23. The van der Waals surface area contributed by atoms with Crippen molar-refractivity contribution in [1.82, 2.24) is 0 Å². The summed E-state index contributed by atoms with van der Waals surface area (Å²) in [6.07, 6.45) is 0. The van der Waals surface area contributed by atoms with E-state index in [0.717, 1.165) is 0 Å². The fourth-order valence-corrected chi connectivity index (χ4v) is 2.25. The zero-order chi connectivity index (χ0) is 9.07. The molecule has 0 aromatic carbocycles. The summed E-state index contributed by atoms with van der Waals surface area (Å²) < 4.78 is 4.98. The molecule has 0 unspecified atom stereocenters. The fraction of sp³-hybridized carbons (Fsp3) is 0.750. The van der Waals surface area contributed by atoms with Gasteiger partial charge in [0.15, 0.2) is 0 Å². The van der Waals surface area contributed by atoms with E-state index in [9.17, 15) is 0 Å². The van der Waals surface area contributed by atoms with Crippen molar-refractivity contribution in [3.8, 4) is 0 Å². The van der Waals surface area contributed by atoms with Gasteiger partial charge < -0.3 is 4.12 Å². The van der Waals surface area contributed by atoms with E-state index in [1.165, 1.54) is 11.1 Å². The molecular formula is C8H15OSi2. The molecule has 0 fully saturated rings. The van der Waals surface area contributed by atoms with Crippen molar-refractivity contribution in [1.29, 1.82) is 0 Å². The number of hydrogen-bond acceptors (Lipinski definition) is 1. The first-order valence-corrected chi connectivity index (χ1v) is 4.97. The van der Waals surface area contributed by atoms with E-state index >= 15 is 0 Å². The largest absolute Gasteiger partial charge is 0.457 e. The molecule has 0 N–H and O–H groups in total. The summed E-state index contributed by atoms with van der Waals surface area (Å²) in [4.78, 5) is 0. The van der Waals surface area contributed by atoms with Crippen LogP contribution in [0.3, 0.4) is 0 Å². The Morgan fingerprint density at radius 3 is 2.00 bits per heavy atom. The Morgan fingerprint density at radius 2 is 1.73 bits per heavy atom. The molecular weight excluding hydrogens is 168 g/mol. The molecule has 0 rings (SSSR count). The van der Waals surface area contributed by atoms with Gasteiger partial charge in [-0.1, -0.05) is 25.0 Å². The van der Waals surface area contributed by atoms with Crippen LogP contribution in [0.2, 0.25) is 5.04 Å². The summed E-state index contributed by atoms with van der Waals surface area (Å²) in [5.41, 5.74) is 2.79. The van der Waals surface area contributed by atoms with Gasteiger partial charge >= 0.3 is 0 Å². The van der Waals surface area contributed by atoms with Gasteiger partial charge in [0, 0.05) is 5.04 Å². The molecule has 0 saturated carbocycles. The molecule has 0 amide bonds. The van der Waals surface area contributed by atoms with Crippen LogP contribution >= 0.6 is 0 Å². The van der Waals surface area contributed by atoms with Crippen molar-refractivity contribution < 1.29 is 4.12 Å². The standard InChI is InChI=1S/C8H15OSi2/c1-6(2)7(3)8(4,5)11-9-10/h1-5H3. The van der Waals surface area contributed by atoms with Gasteiger partial charge in [-0.25, -0.2) is 0 Å². The summed E-state index contributed by atoms with van der Waals surface area (Å²) in [5, 5.41) is 0.167. The Labute approximate surface area is 75.7 Å². The molecule has 0 spiro atoms. The first-order valence-electron chi connectivity index (χ1n) is 3.66. The predicted molar refractivity (Wildman–Crippen MR) is 50.7 cm³/mol. The first-order chi connectivity index (χ1) is 4.91. The molecule has 0 aliphatic carbocycles. The van der Waals surface area contributed by atoms with Crippen LogP contribution in [0.4, 0.5) is 0 Å². The van der Waals surface area contributed by atoms with Gasteiger partial charge in [0.2, 0.25) is 20.2 Å². The number of rotatable bonds is 3. The zero-order valence-electron chi connectivity index (χ0n) is 7.91. The highest BCUT2D eigenvalue weighted by molar-refractivity contribution is 6.39. The maximum atomic E-state index is 4.98.